The summed E-state index contributed by atoms with van der Waals surface area (Å²) in [7, 11) is 0. The van der Waals surface area contributed by atoms with Crippen LogP contribution in [-0.4, -0.2) is 23.3 Å². The summed E-state index contributed by atoms with van der Waals surface area (Å²) in [5.41, 5.74) is 3.47. The van der Waals surface area contributed by atoms with E-state index >= 15 is 0 Å². The Labute approximate surface area is 112 Å². The molecule has 0 saturated heterocycles. The Morgan fingerprint density at radius 3 is 3.26 bits per heavy atom. The molecule has 0 bridgehead atoms. The molecule has 1 N–H and O–H groups in total. The molecule has 0 fully saturated rings. The molecular weight excluding hydrogens is 242 g/mol. The fraction of sp³-hybridized carbons (Fsp3) is 0.429. The van der Waals surface area contributed by atoms with Crippen molar-refractivity contribution in [2.75, 3.05) is 18.5 Å². The second-order valence-corrected chi connectivity index (χ2v) is 4.51. The minimum Gasteiger partial charge on any atom is -0.385 e. The van der Waals surface area contributed by atoms with E-state index < -0.39 is 0 Å². The third kappa shape index (κ3) is 2.46. The van der Waals surface area contributed by atoms with Crippen molar-refractivity contribution in [1.82, 2.24) is 10.1 Å². The summed E-state index contributed by atoms with van der Waals surface area (Å²) in [5.74, 6) is 1.17. The van der Waals surface area contributed by atoms with Crippen LogP contribution in [0.2, 0.25) is 0 Å². The Hall–Kier alpha value is -1.88. The van der Waals surface area contributed by atoms with Crippen molar-refractivity contribution in [3.63, 3.8) is 0 Å². The summed E-state index contributed by atoms with van der Waals surface area (Å²) < 4.78 is 10.6. The second kappa shape index (κ2) is 5.40. The summed E-state index contributed by atoms with van der Waals surface area (Å²) in [6, 6.07) is 6.14. The van der Waals surface area contributed by atoms with Gasteiger partial charge in [0.15, 0.2) is 5.82 Å². The van der Waals surface area contributed by atoms with Crippen molar-refractivity contribution < 1.29 is 9.26 Å². The Morgan fingerprint density at radius 1 is 1.42 bits per heavy atom. The minimum absolute atomic E-state index is 0.396. The SMILES string of the molecule is CCOCc1noc(-c2cccc3c2CCCN3)n1. The molecule has 0 atom stereocenters. The van der Waals surface area contributed by atoms with Crippen LogP contribution in [0.5, 0.6) is 0 Å². The number of rotatable bonds is 4. The standard InChI is InChI=1S/C14H17N3O2/c1-2-18-9-13-16-14(19-17-13)11-5-3-7-12-10(11)6-4-8-15-12/h3,5,7,15H,2,4,6,8-9H2,1H3. The van der Waals surface area contributed by atoms with Crippen LogP contribution in [0.25, 0.3) is 11.5 Å². The van der Waals surface area contributed by atoms with Gasteiger partial charge in [-0.05, 0) is 37.5 Å². The Kier molecular flexibility index (Phi) is 3.46. The minimum atomic E-state index is 0.396. The predicted molar refractivity (Wildman–Crippen MR) is 71.9 cm³/mol. The summed E-state index contributed by atoms with van der Waals surface area (Å²) >= 11 is 0. The molecule has 0 amide bonds. The van der Waals surface area contributed by atoms with Crippen LogP contribution in [0.4, 0.5) is 5.69 Å². The van der Waals surface area contributed by atoms with Crippen LogP contribution in [-0.2, 0) is 17.8 Å². The smallest absolute Gasteiger partial charge is 0.258 e. The van der Waals surface area contributed by atoms with E-state index in [1.807, 2.05) is 19.1 Å². The number of fused-ring (bicyclic) bond motifs is 1. The monoisotopic (exact) mass is 259 g/mol. The van der Waals surface area contributed by atoms with Crippen molar-refractivity contribution in [1.29, 1.82) is 0 Å². The van der Waals surface area contributed by atoms with E-state index in [1.54, 1.807) is 0 Å². The van der Waals surface area contributed by atoms with E-state index in [0.29, 0.717) is 24.9 Å². The molecule has 1 aromatic heterocycles. The van der Waals surface area contributed by atoms with Crippen molar-refractivity contribution in [2.45, 2.75) is 26.4 Å². The van der Waals surface area contributed by atoms with Gasteiger partial charge in [-0.15, -0.1) is 0 Å². The van der Waals surface area contributed by atoms with Gasteiger partial charge in [-0.2, -0.15) is 4.98 Å². The average Bonchev–Trinajstić information content (AvgIpc) is 2.93. The van der Waals surface area contributed by atoms with E-state index in [2.05, 4.69) is 21.5 Å². The molecule has 19 heavy (non-hydrogen) atoms. The molecule has 0 aliphatic carbocycles. The zero-order valence-corrected chi connectivity index (χ0v) is 11.0. The first kappa shape index (κ1) is 12.2. The fourth-order valence-electron chi connectivity index (χ4n) is 2.33. The first-order valence-electron chi connectivity index (χ1n) is 6.65. The summed E-state index contributed by atoms with van der Waals surface area (Å²) in [6.07, 6.45) is 2.17. The largest absolute Gasteiger partial charge is 0.385 e. The Balaban J connectivity index is 1.91. The topological polar surface area (TPSA) is 60.2 Å². The van der Waals surface area contributed by atoms with Gasteiger partial charge in [-0.1, -0.05) is 11.2 Å². The lowest BCUT2D eigenvalue weighted by molar-refractivity contribution is 0.126. The highest BCUT2D eigenvalue weighted by Crippen LogP contribution is 2.31. The lowest BCUT2D eigenvalue weighted by Gasteiger charge is -2.19. The third-order valence-electron chi connectivity index (χ3n) is 3.23. The van der Waals surface area contributed by atoms with E-state index in [4.69, 9.17) is 9.26 Å². The number of benzene rings is 1. The van der Waals surface area contributed by atoms with Gasteiger partial charge < -0.3 is 14.6 Å². The van der Waals surface area contributed by atoms with Crippen LogP contribution in [0.15, 0.2) is 22.7 Å². The molecular formula is C14H17N3O2. The number of nitrogens with one attached hydrogen (secondary N) is 1. The molecule has 0 unspecified atom stereocenters. The molecule has 0 spiro atoms. The van der Waals surface area contributed by atoms with E-state index in [9.17, 15) is 0 Å². The van der Waals surface area contributed by atoms with Gasteiger partial charge in [-0.3, -0.25) is 0 Å². The quantitative estimate of drug-likeness (QED) is 0.914. The fourth-order valence-corrected chi connectivity index (χ4v) is 2.33. The zero-order chi connectivity index (χ0) is 13.1. The Morgan fingerprint density at radius 2 is 2.37 bits per heavy atom. The first-order chi connectivity index (χ1) is 9.38. The lowest BCUT2D eigenvalue weighted by Crippen LogP contribution is -2.12. The van der Waals surface area contributed by atoms with Crippen molar-refractivity contribution in [3.8, 4) is 11.5 Å². The maximum absolute atomic E-state index is 5.34. The van der Waals surface area contributed by atoms with Crippen LogP contribution < -0.4 is 5.32 Å². The number of anilines is 1. The van der Waals surface area contributed by atoms with Gasteiger partial charge in [-0.25, -0.2) is 0 Å². The van der Waals surface area contributed by atoms with Gasteiger partial charge in [0, 0.05) is 24.4 Å². The highest BCUT2D eigenvalue weighted by atomic mass is 16.5. The summed E-state index contributed by atoms with van der Waals surface area (Å²) in [5, 5.41) is 7.35. The average molecular weight is 259 g/mol. The van der Waals surface area contributed by atoms with Gasteiger partial charge >= 0.3 is 0 Å². The van der Waals surface area contributed by atoms with E-state index in [0.717, 1.165) is 24.9 Å². The number of ether oxygens (including phenoxy) is 1. The molecule has 1 aliphatic rings. The van der Waals surface area contributed by atoms with Crippen molar-refractivity contribution in [3.05, 3.63) is 29.6 Å². The Bertz CT molecular complexity index is 566. The van der Waals surface area contributed by atoms with Gasteiger partial charge in [0.05, 0.1) is 0 Å². The maximum Gasteiger partial charge on any atom is 0.258 e. The maximum atomic E-state index is 5.34. The lowest BCUT2D eigenvalue weighted by atomic mass is 9.97. The molecule has 2 heterocycles. The first-order valence-corrected chi connectivity index (χ1v) is 6.65. The van der Waals surface area contributed by atoms with Crippen molar-refractivity contribution >= 4 is 5.69 Å². The van der Waals surface area contributed by atoms with Gasteiger partial charge in [0.25, 0.3) is 5.89 Å². The molecule has 5 heteroatoms. The second-order valence-electron chi connectivity index (χ2n) is 4.51. The van der Waals surface area contributed by atoms with Crippen molar-refractivity contribution in [2.24, 2.45) is 0 Å². The molecule has 3 rings (SSSR count). The molecule has 1 aliphatic heterocycles. The normalized spacial score (nSPS) is 13.9. The molecule has 100 valence electrons. The third-order valence-corrected chi connectivity index (χ3v) is 3.23. The zero-order valence-electron chi connectivity index (χ0n) is 11.0. The van der Waals surface area contributed by atoms with E-state index in [1.165, 1.54) is 11.3 Å². The van der Waals surface area contributed by atoms with Crippen LogP contribution >= 0.6 is 0 Å². The predicted octanol–water partition coefficient (Wildman–Crippen LogP) is 2.63. The molecule has 1 aromatic carbocycles. The summed E-state index contributed by atoms with van der Waals surface area (Å²) in [6.45, 7) is 4.01. The van der Waals surface area contributed by atoms with Crippen LogP contribution in [0.1, 0.15) is 24.7 Å². The molecule has 5 nitrogen and oxygen atoms in total. The highest BCUT2D eigenvalue weighted by molar-refractivity contribution is 5.69. The van der Waals surface area contributed by atoms with Gasteiger partial charge in [0.2, 0.25) is 0 Å². The number of hydrogen-bond donors (Lipinski definition) is 1. The number of hydrogen-bond acceptors (Lipinski definition) is 5. The molecule has 0 radical (unpaired) electrons. The number of nitrogens with zero attached hydrogens (tertiary/aromatic N) is 2. The summed E-state index contributed by atoms with van der Waals surface area (Å²) in [4.78, 5) is 4.40. The number of aromatic nitrogens is 2. The van der Waals surface area contributed by atoms with Gasteiger partial charge in [0.1, 0.15) is 6.61 Å². The van der Waals surface area contributed by atoms with Crippen LogP contribution in [0, 0.1) is 0 Å². The highest BCUT2D eigenvalue weighted by Gasteiger charge is 2.17. The van der Waals surface area contributed by atoms with E-state index in [-0.39, 0.29) is 0 Å². The van der Waals surface area contributed by atoms with Crippen LogP contribution in [0.3, 0.4) is 0 Å². The molecule has 0 saturated carbocycles. The molecule has 2 aromatic rings.